The number of nitrogens with zero attached hydrogens (tertiary/aromatic N) is 3. The molecule has 0 radical (unpaired) electrons. The summed E-state index contributed by atoms with van der Waals surface area (Å²) in [7, 11) is 0. The van der Waals surface area contributed by atoms with Crippen molar-refractivity contribution >= 4 is 11.8 Å². The van der Waals surface area contributed by atoms with Gasteiger partial charge >= 0.3 is 5.97 Å². The van der Waals surface area contributed by atoms with E-state index in [0.29, 0.717) is 12.2 Å². The topological polar surface area (TPSA) is 66.3 Å². The number of aryl methyl sites for hydroxylation is 1. The third-order valence-corrected chi connectivity index (χ3v) is 3.22. The summed E-state index contributed by atoms with van der Waals surface area (Å²) in [6.45, 7) is 3.85. The fraction of sp³-hybridized carbons (Fsp3) is 0.615. The van der Waals surface area contributed by atoms with Crippen LogP contribution in [-0.4, -0.2) is 34.1 Å². The fourth-order valence-electron chi connectivity index (χ4n) is 2.21. The molecular formula is C13H19N3O2. The molecule has 0 atom stereocenters. The predicted octanol–water partition coefficient (Wildman–Crippen LogP) is 2.12. The third-order valence-electron chi connectivity index (χ3n) is 3.22. The number of carboxylic acids is 1. The van der Waals surface area contributed by atoms with Crippen molar-refractivity contribution in [3.8, 4) is 0 Å². The molecule has 0 unspecified atom stereocenters. The molecule has 0 amide bonds. The van der Waals surface area contributed by atoms with Gasteiger partial charge in [-0.3, -0.25) is 0 Å². The van der Waals surface area contributed by atoms with Gasteiger partial charge in [-0.2, -0.15) is 0 Å². The minimum Gasteiger partial charge on any atom is -0.477 e. The number of hydrogen-bond donors (Lipinski definition) is 1. The number of rotatable bonds is 3. The predicted molar refractivity (Wildman–Crippen MR) is 69.1 cm³/mol. The number of carboxylic acid groups (broad SMARTS) is 1. The summed E-state index contributed by atoms with van der Waals surface area (Å²) in [6, 6.07) is 1.59. The maximum Gasteiger partial charge on any atom is 0.354 e. The minimum atomic E-state index is -0.983. The van der Waals surface area contributed by atoms with E-state index in [0.717, 1.165) is 31.7 Å². The maximum atomic E-state index is 11.1. The molecule has 1 aliphatic rings. The van der Waals surface area contributed by atoms with E-state index in [1.165, 1.54) is 12.8 Å². The maximum absolute atomic E-state index is 11.1. The second kappa shape index (κ2) is 5.80. The Morgan fingerprint density at radius 3 is 2.50 bits per heavy atom. The van der Waals surface area contributed by atoms with Gasteiger partial charge in [0.2, 0.25) is 0 Å². The van der Waals surface area contributed by atoms with Gasteiger partial charge in [0.25, 0.3) is 0 Å². The first-order valence-corrected chi connectivity index (χ1v) is 6.57. The molecule has 2 heterocycles. The highest BCUT2D eigenvalue weighted by Gasteiger charge is 2.15. The quantitative estimate of drug-likeness (QED) is 0.888. The van der Waals surface area contributed by atoms with Crippen LogP contribution in [0.3, 0.4) is 0 Å². The van der Waals surface area contributed by atoms with E-state index in [1.54, 1.807) is 6.07 Å². The Balaban J connectivity index is 2.29. The van der Waals surface area contributed by atoms with Crippen LogP contribution < -0.4 is 4.90 Å². The average Bonchev–Trinajstić information content (AvgIpc) is 2.67. The molecule has 5 heteroatoms. The second-order valence-electron chi connectivity index (χ2n) is 4.59. The number of aromatic nitrogens is 2. The second-order valence-corrected chi connectivity index (χ2v) is 4.59. The average molecular weight is 249 g/mol. The smallest absolute Gasteiger partial charge is 0.354 e. The molecule has 2 rings (SSSR count). The fourth-order valence-corrected chi connectivity index (χ4v) is 2.21. The molecule has 5 nitrogen and oxygen atoms in total. The van der Waals surface area contributed by atoms with Gasteiger partial charge in [-0.25, -0.2) is 14.8 Å². The van der Waals surface area contributed by atoms with Crippen molar-refractivity contribution in [2.24, 2.45) is 0 Å². The lowest BCUT2D eigenvalue weighted by molar-refractivity contribution is 0.0690. The molecule has 1 saturated heterocycles. The van der Waals surface area contributed by atoms with Crippen LogP contribution >= 0.6 is 0 Å². The lowest BCUT2D eigenvalue weighted by Gasteiger charge is -2.21. The summed E-state index contributed by atoms with van der Waals surface area (Å²) in [6.07, 6.45) is 5.44. The highest BCUT2D eigenvalue weighted by molar-refractivity contribution is 5.86. The zero-order valence-corrected chi connectivity index (χ0v) is 10.7. The Kier molecular flexibility index (Phi) is 4.12. The Labute approximate surface area is 107 Å². The van der Waals surface area contributed by atoms with Crippen LogP contribution in [0.25, 0.3) is 0 Å². The van der Waals surface area contributed by atoms with E-state index in [9.17, 15) is 4.79 Å². The first kappa shape index (κ1) is 12.8. The van der Waals surface area contributed by atoms with E-state index in [2.05, 4.69) is 14.9 Å². The summed E-state index contributed by atoms with van der Waals surface area (Å²) in [5.41, 5.74) is 0.0982. The summed E-state index contributed by atoms with van der Waals surface area (Å²) >= 11 is 0. The Bertz CT molecular complexity index is 426. The zero-order chi connectivity index (χ0) is 13.0. The van der Waals surface area contributed by atoms with Gasteiger partial charge in [0.05, 0.1) is 0 Å². The van der Waals surface area contributed by atoms with Crippen molar-refractivity contribution in [3.05, 3.63) is 17.6 Å². The van der Waals surface area contributed by atoms with Crippen LogP contribution in [0.4, 0.5) is 5.82 Å². The molecule has 1 aromatic heterocycles. The van der Waals surface area contributed by atoms with Gasteiger partial charge in [0.15, 0.2) is 5.69 Å². The molecule has 1 aromatic rings. The first-order valence-electron chi connectivity index (χ1n) is 6.57. The van der Waals surface area contributed by atoms with Crippen LogP contribution in [-0.2, 0) is 6.42 Å². The summed E-state index contributed by atoms with van der Waals surface area (Å²) in [5.74, 6) is 0.387. The number of carbonyl (C=O) groups is 1. The molecule has 0 saturated carbocycles. The van der Waals surface area contributed by atoms with E-state index < -0.39 is 5.97 Å². The lowest BCUT2D eigenvalue weighted by Crippen LogP contribution is -2.26. The molecular weight excluding hydrogens is 230 g/mol. The number of hydrogen-bond acceptors (Lipinski definition) is 4. The highest BCUT2D eigenvalue weighted by Crippen LogP contribution is 2.18. The minimum absolute atomic E-state index is 0.0982. The monoisotopic (exact) mass is 249 g/mol. The van der Waals surface area contributed by atoms with Crippen LogP contribution in [0.1, 0.15) is 48.9 Å². The molecule has 0 spiro atoms. The van der Waals surface area contributed by atoms with Crippen molar-refractivity contribution in [1.29, 1.82) is 0 Å². The Morgan fingerprint density at radius 1 is 1.28 bits per heavy atom. The van der Waals surface area contributed by atoms with Crippen LogP contribution in [0.5, 0.6) is 0 Å². The number of aromatic carboxylic acids is 1. The molecule has 0 aliphatic carbocycles. The van der Waals surface area contributed by atoms with Gasteiger partial charge < -0.3 is 10.0 Å². The van der Waals surface area contributed by atoms with E-state index in [1.807, 2.05) is 6.92 Å². The van der Waals surface area contributed by atoms with Crippen molar-refractivity contribution in [3.63, 3.8) is 0 Å². The van der Waals surface area contributed by atoms with Crippen LogP contribution in [0, 0.1) is 0 Å². The van der Waals surface area contributed by atoms with Crippen molar-refractivity contribution < 1.29 is 9.90 Å². The van der Waals surface area contributed by atoms with Gasteiger partial charge in [0.1, 0.15) is 11.6 Å². The highest BCUT2D eigenvalue weighted by atomic mass is 16.4. The molecule has 1 fully saturated rings. The molecule has 18 heavy (non-hydrogen) atoms. The third kappa shape index (κ3) is 2.97. The normalized spacial score (nSPS) is 16.4. The van der Waals surface area contributed by atoms with Crippen LogP contribution in [0.2, 0.25) is 0 Å². The van der Waals surface area contributed by atoms with E-state index >= 15 is 0 Å². The van der Waals surface area contributed by atoms with Crippen molar-refractivity contribution in [2.45, 2.75) is 39.0 Å². The number of anilines is 1. The molecule has 1 N–H and O–H groups in total. The Hall–Kier alpha value is -1.65. The summed E-state index contributed by atoms with van der Waals surface area (Å²) < 4.78 is 0. The van der Waals surface area contributed by atoms with Crippen molar-refractivity contribution in [1.82, 2.24) is 9.97 Å². The summed E-state index contributed by atoms with van der Waals surface area (Å²) in [5, 5.41) is 9.07. The van der Waals surface area contributed by atoms with Gasteiger partial charge in [-0.1, -0.05) is 19.8 Å². The largest absolute Gasteiger partial charge is 0.477 e. The molecule has 1 aliphatic heterocycles. The lowest BCUT2D eigenvalue weighted by atomic mass is 10.2. The van der Waals surface area contributed by atoms with Gasteiger partial charge in [-0.15, -0.1) is 0 Å². The van der Waals surface area contributed by atoms with E-state index in [-0.39, 0.29) is 5.69 Å². The first-order chi connectivity index (χ1) is 8.70. The molecule has 0 aromatic carbocycles. The van der Waals surface area contributed by atoms with Gasteiger partial charge in [-0.05, 0) is 12.8 Å². The Morgan fingerprint density at radius 2 is 1.94 bits per heavy atom. The molecule has 98 valence electrons. The zero-order valence-electron chi connectivity index (χ0n) is 10.7. The van der Waals surface area contributed by atoms with Crippen LogP contribution in [0.15, 0.2) is 6.07 Å². The standard InChI is InChI=1S/C13H19N3O2/c1-2-11-14-10(13(17)18)9-12(15-11)16-7-5-3-4-6-8-16/h9H,2-8H2,1H3,(H,17,18). The summed E-state index contributed by atoms with van der Waals surface area (Å²) in [4.78, 5) is 21.7. The van der Waals surface area contributed by atoms with Gasteiger partial charge in [0, 0.05) is 25.6 Å². The van der Waals surface area contributed by atoms with E-state index in [4.69, 9.17) is 5.11 Å². The van der Waals surface area contributed by atoms with Crippen molar-refractivity contribution in [2.75, 3.05) is 18.0 Å². The SMILES string of the molecule is CCc1nc(C(=O)O)cc(N2CCCCCC2)n1. The molecule has 0 bridgehead atoms.